The molecule has 0 unspecified atom stereocenters. The molecule has 1 aromatic heterocycles. The lowest BCUT2D eigenvalue weighted by Gasteiger charge is -2.37. The molecule has 2 heterocycles. The molecule has 0 bridgehead atoms. The summed E-state index contributed by atoms with van der Waals surface area (Å²) in [6.45, 7) is 2.95. The van der Waals surface area contributed by atoms with Gasteiger partial charge in [0, 0.05) is 26.2 Å². The first-order valence-electron chi connectivity index (χ1n) is 7.13. The van der Waals surface area contributed by atoms with E-state index in [4.69, 9.17) is 5.11 Å². The van der Waals surface area contributed by atoms with Crippen LogP contribution >= 0.6 is 0 Å². The first-order valence-corrected chi connectivity index (χ1v) is 7.13. The summed E-state index contributed by atoms with van der Waals surface area (Å²) >= 11 is 0. The molecule has 1 saturated heterocycles. The molecule has 22 heavy (non-hydrogen) atoms. The van der Waals surface area contributed by atoms with Crippen molar-refractivity contribution in [2.45, 2.75) is 0 Å². The Labute approximate surface area is 128 Å². The van der Waals surface area contributed by atoms with E-state index in [0.717, 1.165) is 31.9 Å². The van der Waals surface area contributed by atoms with Gasteiger partial charge in [0.25, 0.3) is 0 Å². The van der Waals surface area contributed by atoms with Crippen LogP contribution in [-0.2, 0) is 0 Å². The van der Waals surface area contributed by atoms with Gasteiger partial charge in [0.2, 0.25) is 0 Å². The third-order valence-corrected chi connectivity index (χ3v) is 3.78. The number of anilines is 2. The van der Waals surface area contributed by atoms with E-state index in [0.29, 0.717) is 5.82 Å². The van der Waals surface area contributed by atoms with Crippen molar-refractivity contribution in [3.8, 4) is 5.75 Å². The summed E-state index contributed by atoms with van der Waals surface area (Å²) in [5.74, 6) is -0.0616. The summed E-state index contributed by atoms with van der Waals surface area (Å²) in [5.41, 5.74) is 0.884. The standard InChI is InChI=1S/C16H17N3O3/c20-14-6-2-1-5-13(14)18-8-10-19(11-9-18)15-7-3-4-12(17-15)16(21)22/h1-7,20H,8-11H2,(H,21,22). The first-order chi connectivity index (χ1) is 10.6. The number of rotatable bonds is 3. The number of benzene rings is 1. The minimum absolute atomic E-state index is 0.0561. The average Bonchev–Trinajstić information content (AvgIpc) is 2.56. The highest BCUT2D eigenvalue weighted by molar-refractivity contribution is 5.85. The number of carbonyl (C=O) groups is 1. The van der Waals surface area contributed by atoms with E-state index in [1.54, 1.807) is 18.2 Å². The average molecular weight is 299 g/mol. The Hall–Kier alpha value is -2.76. The summed E-state index contributed by atoms with van der Waals surface area (Å²) in [4.78, 5) is 19.3. The van der Waals surface area contributed by atoms with Crippen LogP contribution in [0.1, 0.15) is 10.5 Å². The van der Waals surface area contributed by atoms with E-state index in [2.05, 4.69) is 14.8 Å². The second kappa shape index (κ2) is 5.93. The Morgan fingerprint density at radius 1 is 0.955 bits per heavy atom. The van der Waals surface area contributed by atoms with Crippen molar-refractivity contribution in [2.75, 3.05) is 36.0 Å². The molecule has 1 aliphatic rings. The number of aromatic nitrogens is 1. The highest BCUT2D eigenvalue weighted by Crippen LogP contribution is 2.27. The number of nitrogens with zero attached hydrogens (tertiary/aromatic N) is 3. The van der Waals surface area contributed by atoms with Gasteiger partial charge in [-0.05, 0) is 24.3 Å². The number of carboxylic acid groups (broad SMARTS) is 1. The normalized spacial score (nSPS) is 14.9. The van der Waals surface area contributed by atoms with Gasteiger partial charge in [0.15, 0.2) is 5.69 Å². The maximum atomic E-state index is 11.0. The molecule has 6 heteroatoms. The third-order valence-electron chi connectivity index (χ3n) is 3.78. The number of phenols is 1. The molecule has 0 aliphatic carbocycles. The van der Waals surface area contributed by atoms with Gasteiger partial charge in [0.05, 0.1) is 5.69 Å². The van der Waals surface area contributed by atoms with Gasteiger partial charge < -0.3 is 20.0 Å². The number of pyridine rings is 1. The fourth-order valence-corrected chi connectivity index (χ4v) is 2.63. The largest absolute Gasteiger partial charge is 0.506 e. The summed E-state index contributed by atoms with van der Waals surface area (Å²) in [7, 11) is 0. The lowest BCUT2D eigenvalue weighted by molar-refractivity contribution is 0.0690. The lowest BCUT2D eigenvalue weighted by Crippen LogP contribution is -2.46. The fourth-order valence-electron chi connectivity index (χ4n) is 2.63. The van der Waals surface area contributed by atoms with Crippen LogP contribution in [0.5, 0.6) is 5.75 Å². The Bertz CT molecular complexity index is 682. The summed E-state index contributed by atoms with van der Waals surface area (Å²) < 4.78 is 0. The Balaban J connectivity index is 1.71. The van der Waals surface area contributed by atoms with Gasteiger partial charge in [-0.3, -0.25) is 0 Å². The third kappa shape index (κ3) is 2.81. The monoisotopic (exact) mass is 299 g/mol. The number of hydrogen-bond acceptors (Lipinski definition) is 5. The lowest BCUT2D eigenvalue weighted by atomic mass is 10.2. The van der Waals surface area contributed by atoms with Crippen molar-refractivity contribution in [2.24, 2.45) is 0 Å². The van der Waals surface area contributed by atoms with Gasteiger partial charge in [0.1, 0.15) is 11.6 Å². The Morgan fingerprint density at radius 3 is 2.32 bits per heavy atom. The molecule has 2 N–H and O–H groups in total. The molecule has 0 saturated carbocycles. The Morgan fingerprint density at radius 2 is 1.64 bits per heavy atom. The zero-order chi connectivity index (χ0) is 15.5. The van der Waals surface area contributed by atoms with E-state index in [1.807, 2.05) is 18.2 Å². The van der Waals surface area contributed by atoms with Crippen molar-refractivity contribution in [3.63, 3.8) is 0 Å². The second-order valence-corrected chi connectivity index (χ2v) is 5.15. The molecule has 114 valence electrons. The minimum atomic E-state index is -1.02. The Kier molecular flexibility index (Phi) is 3.82. The van der Waals surface area contributed by atoms with Crippen molar-refractivity contribution >= 4 is 17.5 Å². The van der Waals surface area contributed by atoms with Crippen molar-refractivity contribution < 1.29 is 15.0 Å². The maximum absolute atomic E-state index is 11.0. The minimum Gasteiger partial charge on any atom is -0.506 e. The van der Waals surface area contributed by atoms with Gasteiger partial charge in [-0.25, -0.2) is 9.78 Å². The van der Waals surface area contributed by atoms with Gasteiger partial charge in [-0.15, -0.1) is 0 Å². The molecule has 0 atom stereocenters. The molecule has 1 aliphatic heterocycles. The predicted molar refractivity (Wildman–Crippen MR) is 83.7 cm³/mol. The summed E-state index contributed by atoms with van der Waals surface area (Å²) in [5, 5.41) is 18.9. The van der Waals surface area contributed by atoms with Crippen LogP contribution in [0.2, 0.25) is 0 Å². The molecule has 3 rings (SSSR count). The number of carboxylic acids is 1. The van der Waals surface area contributed by atoms with Crippen LogP contribution in [0.15, 0.2) is 42.5 Å². The molecule has 0 spiro atoms. The van der Waals surface area contributed by atoms with Crippen LogP contribution in [0.4, 0.5) is 11.5 Å². The van der Waals surface area contributed by atoms with Crippen LogP contribution in [0, 0.1) is 0 Å². The number of para-hydroxylation sites is 2. The molecule has 6 nitrogen and oxygen atoms in total. The zero-order valence-electron chi connectivity index (χ0n) is 12.0. The summed E-state index contributed by atoms with van der Waals surface area (Å²) in [6.07, 6.45) is 0. The smallest absolute Gasteiger partial charge is 0.354 e. The van der Waals surface area contributed by atoms with Crippen LogP contribution in [0.25, 0.3) is 0 Å². The molecule has 0 radical (unpaired) electrons. The van der Waals surface area contributed by atoms with Crippen molar-refractivity contribution in [1.29, 1.82) is 0 Å². The van der Waals surface area contributed by atoms with Crippen molar-refractivity contribution in [3.05, 3.63) is 48.2 Å². The van der Waals surface area contributed by atoms with Crippen LogP contribution in [-0.4, -0.2) is 47.3 Å². The second-order valence-electron chi connectivity index (χ2n) is 5.15. The predicted octanol–water partition coefficient (Wildman–Crippen LogP) is 1.81. The van der Waals surface area contributed by atoms with E-state index in [-0.39, 0.29) is 11.4 Å². The number of hydrogen-bond donors (Lipinski definition) is 2. The molecule has 1 aromatic carbocycles. The molecule has 2 aromatic rings. The fraction of sp³-hybridized carbons (Fsp3) is 0.250. The van der Waals surface area contributed by atoms with Crippen molar-refractivity contribution in [1.82, 2.24) is 4.98 Å². The molecule has 1 fully saturated rings. The van der Waals surface area contributed by atoms with E-state index in [9.17, 15) is 9.90 Å². The quantitative estimate of drug-likeness (QED) is 0.900. The van der Waals surface area contributed by atoms with Crippen LogP contribution in [0.3, 0.4) is 0 Å². The number of phenolic OH excluding ortho intramolecular Hbond substituents is 1. The maximum Gasteiger partial charge on any atom is 0.354 e. The van der Waals surface area contributed by atoms with Gasteiger partial charge in [-0.2, -0.15) is 0 Å². The van der Waals surface area contributed by atoms with Gasteiger partial charge in [-0.1, -0.05) is 18.2 Å². The first kappa shape index (κ1) is 14.2. The van der Waals surface area contributed by atoms with E-state index in [1.165, 1.54) is 6.07 Å². The number of aromatic hydroxyl groups is 1. The highest BCUT2D eigenvalue weighted by atomic mass is 16.4. The SMILES string of the molecule is O=C(O)c1cccc(N2CCN(c3ccccc3O)CC2)n1. The number of aromatic carboxylic acids is 1. The molecule has 0 amide bonds. The molecular formula is C16H17N3O3. The van der Waals surface area contributed by atoms with Crippen LogP contribution < -0.4 is 9.80 Å². The van der Waals surface area contributed by atoms with Gasteiger partial charge >= 0.3 is 5.97 Å². The topological polar surface area (TPSA) is 76.9 Å². The van der Waals surface area contributed by atoms with E-state index < -0.39 is 5.97 Å². The number of piperazine rings is 1. The zero-order valence-corrected chi connectivity index (χ0v) is 12.0. The van der Waals surface area contributed by atoms with E-state index >= 15 is 0 Å². The highest BCUT2D eigenvalue weighted by Gasteiger charge is 2.20. The molecular weight excluding hydrogens is 282 g/mol. The summed E-state index contributed by atoms with van der Waals surface area (Å²) in [6, 6.07) is 12.3.